The summed E-state index contributed by atoms with van der Waals surface area (Å²) in [4.78, 5) is 0. The Kier molecular flexibility index (Phi) is 4.43. The second kappa shape index (κ2) is 5.73. The van der Waals surface area contributed by atoms with Gasteiger partial charge in [0.05, 0.1) is 5.56 Å². The summed E-state index contributed by atoms with van der Waals surface area (Å²) in [6.45, 7) is 2.09. The third-order valence-electron chi connectivity index (χ3n) is 3.81. The number of rotatable bonds is 3. The van der Waals surface area contributed by atoms with Crippen LogP contribution < -0.4 is 5.32 Å². The maximum atomic E-state index is 13.0. The molecule has 2 atom stereocenters. The number of hydrogen-bond acceptors (Lipinski definition) is 1. The highest BCUT2D eigenvalue weighted by atomic mass is 79.9. The monoisotopic (exact) mass is 335 g/mol. The minimum Gasteiger partial charge on any atom is -0.382 e. The lowest BCUT2D eigenvalue weighted by atomic mass is 10.00. The Morgan fingerprint density at radius 1 is 1.32 bits per heavy atom. The predicted octanol–water partition coefficient (Wildman–Crippen LogP) is 5.46. The molecule has 1 aromatic carbocycles. The highest BCUT2D eigenvalue weighted by Crippen LogP contribution is 2.39. The van der Waals surface area contributed by atoms with E-state index in [9.17, 15) is 13.2 Å². The predicted molar refractivity (Wildman–Crippen MR) is 74.2 cm³/mol. The lowest BCUT2D eigenvalue weighted by Gasteiger charge is -2.23. The zero-order chi connectivity index (χ0) is 14.0. The minimum atomic E-state index is -4.33. The van der Waals surface area contributed by atoms with Crippen LogP contribution in [-0.4, -0.2) is 6.04 Å². The van der Waals surface area contributed by atoms with Gasteiger partial charge >= 0.3 is 6.18 Å². The Labute approximate surface area is 119 Å². The van der Waals surface area contributed by atoms with Crippen LogP contribution in [0.1, 0.15) is 38.2 Å². The summed E-state index contributed by atoms with van der Waals surface area (Å²) >= 11 is 3.10. The SMILES string of the molecule is CCC1CCCC1Nc1ccc(Br)cc1C(F)(F)F. The Hall–Kier alpha value is -0.710. The molecule has 0 radical (unpaired) electrons. The van der Waals surface area contributed by atoms with Gasteiger partial charge < -0.3 is 5.32 Å². The maximum absolute atomic E-state index is 13.0. The van der Waals surface area contributed by atoms with Gasteiger partial charge in [-0.25, -0.2) is 0 Å². The highest BCUT2D eigenvalue weighted by Gasteiger charge is 2.35. The van der Waals surface area contributed by atoms with Crippen molar-refractivity contribution in [2.75, 3.05) is 5.32 Å². The molecule has 0 heterocycles. The van der Waals surface area contributed by atoms with E-state index in [-0.39, 0.29) is 11.7 Å². The summed E-state index contributed by atoms with van der Waals surface area (Å²) in [6, 6.07) is 4.45. The molecule has 2 unspecified atom stereocenters. The summed E-state index contributed by atoms with van der Waals surface area (Å²) in [5, 5.41) is 3.10. The van der Waals surface area contributed by atoms with Crippen LogP contribution in [-0.2, 0) is 6.18 Å². The van der Waals surface area contributed by atoms with Crippen molar-refractivity contribution in [3.8, 4) is 0 Å². The molecule has 0 spiro atoms. The van der Waals surface area contributed by atoms with Crippen molar-refractivity contribution in [2.45, 2.75) is 44.8 Å². The molecule has 1 nitrogen and oxygen atoms in total. The van der Waals surface area contributed by atoms with Crippen molar-refractivity contribution in [1.82, 2.24) is 0 Å². The molecule has 0 bridgehead atoms. The standard InChI is InChI=1S/C14H17BrF3N/c1-2-9-4-3-5-12(9)19-13-7-6-10(15)8-11(13)14(16,17)18/h6-9,12,19H,2-5H2,1H3. The first-order valence-corrected chi connectivity index (χ1v) is 7.34. The molecule has 0 aliphatic heterocycles. The molecule has 19 heavy (non-hydrogen) atoms. The number of benzene rings is 1. The van der Waals surface area contributed by atoms with Crippen LogP contribution in [0, 0.1) is 5.92 Å². The first-order valence-electron chi connectivity index (χ1n) is 6.55. The van der Waals surface area contributed by atoms with E-state index in [1.54, 1.807) is 6.07 Å². The van der Waals surface area contributed by atoms with Crippen molar-refractivity contribution in [3.63, 3.8) is 0 Å². The zero-order valence-corrected chi connectivity index (χ0v) is 12.3. The fraction of sp³-hybridized carbons (Fsp3) is 0.571. The fourth-order valence-electron chi connectivity index (χ4n) is 2.79. The number of anilines is 1. The summed E-state index contributed by atoms with van der Waals surface area (Å²) in [5.41, 5.74) is -0.398. The van der Waals surface area contributed by atoms with Gasteiger partial charge in [0.1, 0.15) is 0 Å². The summed E-state index contributed by atoms with van der Waals surface area (Å²) < 4.78 is 39.5. The van der Waals surface area contributed by atoms with Crippen molar-refractivity contribution in [2.24, 2.45) is 5.92 Å². The van der Waals surface area contributed by atoms with Gasteiger partial charge in [0.15, 0.2) is 0 Å². The smallest absolute Gasteiger partial charge is 0.382 e. The van der Waals surface area contributed by atoms with Crippen LogP contribution in [0.4, 0.5) is 18.9 Å². The van der Waals surface area contributed by atoms with E-state index < -0.39 is 11.7 Å². The van der Waals surface area contributed by atoms with Gasteiger partial charge in [0.2, 0.25) is 0 Å². The van der Waals surface area contributed by atoms with Crippen LogP contribution in [0.3, 0.4) is 0 Å². The molecular formula is C14H17BrF3N. The van der Waals surface area contributed by atoms with E-state index in [4.69, 9.17) is 0 Å². The minimum absolute atomic E-state index is 0.160. The molecule has 0 aromatic heterocycles. The Morgan fingerprint density at radius 3 is 2.68 bits per heavy atom. The van der Waals surface area contributed by atoms with E-state index in [1.165, 1.54) is 6.07 Å². The molecule has 5 heteroatoms. The number of hydrogen-bond donors (Lipinski definition) is 1. The summed E-state index contributed by atoms with van der Waals surface area (Å²) in [5.74, 6) is 0.477. The van der Waals surface area contributed by atoms with Crippen LogP contribution in [0.2, 0.25) is 0 Å². The number of nitrogens with one attached hydrogen (secondary N) is 1. The Bertz CT molecular complexity index is 445. The topological polar surface area (TPSA) is 12.0 Å². The molecule has 0 amide bonds. The molecule has 0 saturated heterocycles. The molecule has 1 N–H and O–H groups in total. The van der Waals surface area contributed by atoms with E-state index in [1.807, 2.05) is 0 Å². The molecular weight excluding hydrogens is 319 g/mol. The molecule has 1 aliphatic rings. The van der Waals surface area contributed by atoms with E-state index in [0.29, 0.717) is 10.4 Å². The quantitative estimate of drug-likeness (QED) is 0.773. The highest BCUT2D eigenvalue weighted by molar-refractivity contribution is 9.10. The normalized spacial score (nSPS) is 23.6. The second-order valence-corrected chi connectivity index (χ2v) is 5.95. The van der Waals surface area contributed by atoms with Crippen LogP contribution in [0.5, 0.6) is 0 Å². The second-order valence-electron chi connectivity index (χ2n) is 5.04. The number of halogens is 4. The van der Waals surface area contributed by atoms with Crippen LogP contribution >= 0.6 is 15.9 Å². The van der Waals surface area contributed by atoms with Gasteiger partial charge in [-0.05, 0) is 37.0 Å². The molecule has 1 aliphatic carbocycles. The van der Waals surface area contributed by atoms with Gasteiger partial charge in [-0.15, -0.1) is 0 Å². The van der Waals surface area contributed by atoms with E-state index in [0.717, 1.165) is 31.7 Å². The van der Waals surface area contributed by atoms with Crippen molar-refractivity contribution in [3.05, 3.63) is 28.2 Å². The average molecular weight is 336 g/mol. The third-order valence-corrected chi connectivity index (χ3v) is 4.30. The van der Waals surface area contributed by atoms with Crippen LogP contribution in [0.25, 0.3) is 0 Å². The van der Waals surface area contributed by atoms with Crippen molar-refractivity contribution < 1.29 is 13.2 Å². The Morgan fingerprint density at radius 2 is 2.05 bits per heavy atom. The summed E-state index contributed by atoms with van der Waals surface area (Å²) in [6.07, 6.45) is -0.173. The molecule has 2 rings (SSSR count). The van der Waals surface area contributed by atoms with Gasteiger partial charge in [-0.1, -0.05) is 35.7 Å². The lowest BCUT2D eigenvalue weighted by Crippen LogP contribution is -2.25. The fourth-order valence-corrected chi connectivity index (χ4v) is 3.15. The molecule has 106 valence electrons. The van der Waals surface area contributed by atoms with Crippen molar-refractivity contribution in [1.29, 1.82) is 0 Å². The van der Waals surface area contributed by atoms with Gasteiger partial charge in [-0.3, -0.25) is 0 Å². The maximum Gasteiger partial charge on any atom is 0.418 e. The Balaban J connectivity index is 2.25. The zero-order valence-electron chi connectivity index (χ0n) is 10.7. The molecule has 1 saturated carbocycles. The van der Waals surface area contributed by atoms with Gasteiger partial charge in [-0.2, -0.15) is 13.2 Å². The number of alkyl halides is 3. The van der Waals surface area contributed by atoms with Crippen LogP contribution in [0.15, 0.2) is 22.7 Å². The average Bonchev–Trinajstić information content (AvgIpc) is 2.77. The van der Waals surface area contributed by atoms with Crippen molar-refractivity contribution >= 4 is 21.6 Å². The molecule has 1 fully saturated rings. The summed E-state index contributed by atoms with van der Waals surface area (Å²) in [7, 11) is 0. The molecule has 1 aromatic rings. The van der Waals surface area contributed by atoms with Gasteiger partial charge in [0.25, 0.3) is 0 Å². The first-order chi connectivity index (χ1) is 8.91. The van der Waals surface area contributed by atoms with Gasteiger partial charge in [0, 0.05) is 16.2 Å². The largest absolute Gasteiger partial charge is 0.418 e. The van der Waals surface area contributed by atoms with E-state index >= 15 is 0 Å². The van der Waals surface area contributed by atoms with E-state index in [2.05, 4.69) is 28.2 Å². The first kappa shape index (κ1) is 14.7. The lowest BCUT2D eigenvalue weighted by molar-refractivity contribution is -0.137. The third kappa shape index (κ3) is 3.44.